The highest BCUT2D eigenvalue weighted by atomic mass is 35.5. The standard InChI is InChI=1S/C75H66Cl6N6S3/c1-7-13-40-31-55-61-19-20-62(88-61)57-33-42(15-9-3)72(84-57)68(47-27-51(78)38-52(79)28-47)73-44(17-11-5)35-59(86-73)65-23-24-66(90-65)60-36-45(18-12-6)75(87-60)69(48-29-53(80)39-54(81)30-48)74-43(16-10-4)34-58(85-74)64-22-21-63(89-64)56-32-41(14-8-2)71(83-56)67(70(40)82-55)46-25-49(76)37-50(77)26-46/h19-39,82,85-86H,7-18H2,1-6H3. The second kappa shape index (κ2) is 26.8. The Kier molecular flexibility index (Phi) is 18.6. The largest absolute Gasteiger partial charge is 0.354 e. The van der Waals surface area contributed by atoms with Gasteiger partial charge in [0.1, 0.15) is 0 Å². The molecule has 456 valence electrons. The molecule has 3 aromatic carbocycles. The summed E-state index contributed by atoms with van der Waals surface area (Å²) in [7, 11) is 0. The van der Waals surface area contributed by atoms with Gasteiger partial charge in [-0.25, -0.2) is 15.0 Å². The van der Waals surface area contributed by atoms with E-state index < -0.39 is 0 Å². The van der Waals surface area contributed by atoms with Crippen LogP contribution in [0.5, 0.6) is 0 Å². The van der Waals surface area contributed by atoms with E-state index in [1.165, 1.54) is 16.7 Å². The number of rotatable bonds is 15. The Morgan fingerprint density at radius 1 is 0.311 bits per heavy atom. The fraction of sp³-hybridized carbons (Fsp3) is 0.240. The van der Waals surface area contributed by atoms with Crippen molar-refractivity contribution in [2.24, 2.45) is 15.0 Å². The van der Waals surface area contributed by atoms with Gasteiger partial charge in [0.25, 0.3) is 0 Å². The summed E-state index contributed by atoms with van der Waals surface area (Å²) in [5.41, 5.74) is 18.1. The Hall–Kier alpha value is -6.21. The molecule has 9 aromatic rings. The average Bonchev–Trinajstić information content (AvgIpc) is 1.71. The number of halogens is 6. The van der Waals surface area contributed by atoms with Crippen LogP contribution in [0.2, 0.25) is 30.1 Å². The molecule has 0 aliphatic carbocycles. The quantitative estimate of drug-likeness (QED) is 0.0914. The van der Waals surface area contributed by atoms with E-state index in [-0.39, 0.29) is 0 Å². The Morgan fingerprint density at radius 3 is 0.800 bits per heavy atom. The third-order valence-electron chi connectivity index (χ3n) is 16.6. The van der Waals surface area contributed by atoms with Crippen LogP contribution in [0.1, 0.15) is 133 Å². The average molecular weight is 1360 g/mol. The van der Waals surface area contributed by atoms with Crippen molar-refractivity contribution in [3.05, 3.63) is 267 Å². The van der Waals surface area contributed by atoms with Crippen molar-refractivity contribution in [1.82, 2.24) is 15.0 Å². The first-order valence-electron chi connectivity index (χ1n) is 31.2. The lowest BCUT2D eigenvalue weighted by molar-refractivity contribution is 0.914. The van der Waals surface area contributed by atoms with Gasteiger partial charge in [-0.1, -0.05) is 150 Å². The Balaban J connectivity index is 1.20. The Labute approximate surface area is 565 Å². The van der Waals surface area contributed by atoms with E-state index in [2.05, 4.69) is 129 Å². The van der Waals surface area contributed by atoms with E-state index in [0.29, 0.717) is 30.1 Å². The van der Waals surface area contributed by atoms with Crippen molar-refractivity contribution < 1.29 is 0 Å². The molecular weight excluding hydrogens is 1290 g/mol. The van der Waals surface area contributed by atoms with Crippen LogP contribution in [0, 0.1) is 29.6 Å². The molecule has 0 fully saturated rings. The lowest BCUT2D eigenvalue weighted by Gasteiger charge is -2.13. The van der Waals surface area contributed by atoms with Crippen molar-refractivity contribution >= 4 is 155 Å². The Bertz CT molecular complexity index is 4780. The number of aryl methyl sites for hydroxylation is 3. The lowest BCUT2D eigenvalue weighted by atomic mass is 9.92. The highest BCUT2D eigenvalue weighted by Crippen LogP contribution is 2.36. The summed E-state index contributed by atoms with van der Waals surface area (Å²) < 4.78 is 6.49. The lowest BCUT2D eigenvalue weighted by Crippen LogP contribution is -2.20. The molecule has 3 N–H and O–H groups in total. The number of benzene rings is 3. The number of H-pyrrole nitrogens is 3. The van der Waals surface area contributed by atoms with E-state index in [1.807, 2.05) is 36.4 Å². The maximum absolute atomic E-state index is 6.96. The number of allylic oxidation sites excluding steroid dienone is 3. The predicted molar refractivity (Wildman–Crippen MR) is 387 cm³/mol. The van der Waals surface area contributed by atoms with E-state index in [0.717, 1.165) is 221 Å². The summed E-state index contributed by atoms with van der Waals surface area (Å²) in [4.78, 5) is 29.1. The smallest absolute Gasteiger partial charge is 0.0813 e. The molecule has 4 aliphatic heterocycles. The summed E-state index contributed by atoms with van der Waals surface area (Å²) in [5, 5.41) is 9.41. The SMILES string of the molecule is CCCC1=CC2=c3ccc(s3)=c3cc(CCC)c([nH]3)=C(c3cc(Cl)cc(Cl)c3)C3=NC(=c4ccc(s4)=c4cc(CCC)c([nH]4)=C(c4cc(Cl)cc(Cl)c4)C4=NC(=c5ccc(s5)=c5cc(CCC)c([nH]5)=C(c5cc(Cl)cc(Cl)c5)C1=N2)C=C4CCC)C=C3CCC. The van der Waals surface area contributed by atoms with Gasteiger partial charge < -0.3 is 15.0 Å². The first-order chi connectivity index (χ1) is 43.7. The Morgan fingerprint density at radius 2 is 0.556 bits per heavy atom. The van der Waals surface area contributed by atoms with Gasteiger partial charge in [-0.3, -0.25) is 0 Å². The van der Waals surface area contributed by atoms with Crippen LogP contribution in [-0.4, -0.2) is 32.1 Å². The second-order valence-electron chi connectivity index (χ2n) is 23.4. The highest BCUT2D eigenvalue weighted by Gasteiger charge is 2.28. The predicted octanol–water partition coefficient (Wildman–Crippen LogP) is 18.4. The minimum atomic E-state index is 0.557. The molecule has 6 aromatic heterocycles. The molecule has 0 radical (unpaired) electrons. The van der Waals surface area contributed by atoms with Gasteiger partial charge in [0.2, 0.25) is 0 Å². The van der Waals surface area contributed by atoms with Crippen molar-refractivity contribution in [2.75, 3.05) is 0 Å². The third kappa shape index (κ3) is 12.5. The molecule has 13 rings (SSSR count). The summed E-state index contributed by atoms with van der Waals surface area (Å²) in [5.74, 6) is 0. The molecule has 0 amide bonds. The van der Waals surface area contributed by atoms with E-state index in [1.54, 1.807) is 52.2 Å². The number of fused-ring (bicyclic) bond motifs is 15. The molecule has 0 saturated carbocycles. The van der Waals surface area contributed by atoms with Gasteiger partial charge in [-0.2, -0.15) is 0 Å². The summed E-state index contributed by atoms with van der Waals surface area (Å²) in [6.07, 6.45) is 17.5. The van der Waals surface area contributed by atoms with Gasteiger partial charge in [-0.05, 0) is 216 Å². The molecule has 10 heterocycles. The van der Waals surface area contributed by atoms with E-state index >= 15 is 0 Å². The van der Waals surface area contributed by atoms with Crippen LogP contribution in [0.15, 0.2) is 159 Å². The molecule has 0 spiro atoms. The molecule has 6 nitrogen and oxygen atoms in total. The summed E-state index contributed by atoms with van der Waals surface area (Å²) in [6.45, 7) is 13.4. The maximum Gasteiger partial charge on any atom is 0.0813 e. The molecule has 0 atom stereocenters. The van der Waals surface area contributed by atoms with Crippen LogP contribution in [0.3, 0.4) is 0 Å². The van der Waals surface area contributed by atoms with Gasteiger partial charge in [0, 0.05) is 46.9 Å². The van der Waals surface area contributed by atoms with Crippen molar-refractivity contribution in [3.63, 3.8) is 0 Å². The highest BCUT2D eigenvalue weighted by molar-refractivity contribution is 7.08. The summed E-state index contributed by atoms with van der Waals surface area (Å²) in [6, 6.07) is 37.8. The van der Waals surface area contributed by atoms with E-state index in [4.69, 9.17) is 84.6 Å². The molecule has 4 aliphatic rings. The zero-order valence-corrected chi connectivity index (χ0v) is 57.9. The fourth-order valence-electron chi connectivity index (χ4n) is 12.9. The zero-order chi connectivity index (χ0) is 62.5. The van der Waals surface area contributed by atoms with Crippen molar-refractivity contribution in [1.29, 1.82) is 0 Å². The number of aliphatic imine (C=N–C) groups is 3. The summed E-state index contributed by atoms with van der Waals surface area (Å²) >= 11 is 47.0. The molecule has 90 heavy (non-hydrogen) atoms. The molecule has 0 saturated heterocycles. The van der Waals surface area contributed by atoms with Crippen LogP contribution in [0.4, 0.5) is 0 Å². The van der Waals surface area contributed by atoms with Crippen LogP contribution >= 0.6 is 104 Å². The fourth-order valence-corrected chi connectivity index (χ4v) is 17.3. The molecule has 15 heteroatoms. The van der Waals surface area contributed by atoms with Crippen molar-refractivity contribution in [2.45, 2.75) is 119 Å². The minimum absolute atomic E-state index is 0.557. The number of hydrogen-bond acceptors (Lipinski definition) is 6. The first-order valence-corrected chi connectivity index (χ1v) is 35.9. The normalized spacial score (nSPS) is 14.8. The zero-order valence-electron chi connectivity index (χ0n) is 50.9. The molecule has 18 bridgehead atoms. The third-order valence-corrected chi connectivity index (χ3v) is 21.4. The number of aromatic nitrogens is 3. The van der Waals surface area contributed by atoms with Gasteiger partial charge in [0.15, 0.2) is 0 Å². The van der Waals surface area contributed by atoms with Gasteiger partial charge >= 0.3 is 0 Å². The maximum atomic E-state index is 6.96. The van der Waals surface area contributed by atoms with Crippen LogP contribution in [0.25, 0.3) is 33.8 Å². The second-order valence-corrected chi connectivity index (χ2v) is 29.3. The van der Waals surface area contributed by atoms with Crippen LogP contribution in [-0.2, 0) is 19.3 Å². The molecular formula is C75H66Cl6N6S3. The van der Waals surface area contributed by atoms with Gasteiger partial charge in [-0.15, -0.1) is 34.0 Å². The van der Waals surface area contributed by atoms with Gasteiger partial charge in [0.05, 0.1) is 93.5 Å². The number of hydrogen-bond donors (Lipinski definition) is 3. The number of nitrogens with zero attached hydrogens (tertiary/aromatic N) is 3. The first kappa shape index (κ1) is 62.6. The topological polar surface area (TPSA) is 84.5 Å². The number of thiophene rings is 3. The molecule has 0 unspecified atom stereocenters. The monoisotopic (exact) mass is 1360 g/mol. The number of nitrogens with one attached hydrogen (secondary N) is 3. The van der Waals surface area contributed by atoms with E-state index in [9.17, 15) is 0 Å². The van der Waals surface area contributed by atoms with Crippen LogP contribution < -0.4 is 29.6 Å². The van der Waals surface area contributed by atoms with Crippen molar-refractivity contribution in [3.8, 4) is 0 Å². The minimum Gasteiger partial charge on any atom is -0.354 e. The number of aromatic amines is 3.